The van der Waals surface area contributed by atoms with Crippen LogP contribution in [0.15, 0.2) is 12.3 Å². The van der Waals surface area contributed by atoms with Crippen LogP contribution in [0, 0.1) is 13.8 Å². The summed E-state index contributed by atoms with van der Waals surface area (Å²) in [5.74, 6) is 1.39. The molecule has 0 bridgehead atoms. The second kappa shape index (κ2) is 6.04. The number of hydrogen-bond donors (Lipinski definition) is 1. The molecule has 138 valence electrons. The Balaban J connectivity index is 1.85. The number of aryl methyl sites for hydroxylation is 3. The highest BCUT2D eigenvalue weighted by Crippen LogP contribution is 2.30. The topological polar surface area (TPSA) is 111 Å². The zero-order chi connectivity index (χ0) is 18.5. The van der Waals surface area contributed by atoms with Gasteiger partial charge in [-0.3, -0.25) is 9.78 Å². The van der Waals surface area contributed by atoms with E-state index < -0.39 is 9.84 Å². The average molecular weight is 375 g/mol. The second-order valence-electron chi connectivity index (χ2n) is 6.66. The minimum absolute atomic E-state index is 0.0840. The van der Waals surface area contributed by atoms with Gasteiger partial charge < -0.3 is 0 Å². The van der Waals surface area contributed by atoms with E-state index in [2.05, 4.69) is 25.4 Å². The van der Waals surface area contributed by atoms with E-state index in [-0.39, 0.29) is 17.5 Å². The van der Waals surface area contributed by atoms with Crippen LogP contribution in [0.4, 0.5) is 0 Å². The van der Waals surface area contributed by atoms with Gasteiger partial charge in [-0.1, -0.05) is 0 Å². The molecule has 1 unspecified atom stereocenters. The highest BCUT2D eigenvalue weighted by Gasteiger charge is 2.33. The van der Waals surface area contributed by atoms with Crippen LogP contribution in [0.3, 0.4) is 0 Å². The summed E-state index contributed by atoms with van der Waals surface area (Å²) < 4.78 is 27.5. The van der Waals surface area contributed by atoms with Crippen molar-refractivity contribution in [2.75, 3.05) is 11.5 Å². The number of nitrogens with one attached hydrogen (secondary N) is 1. The second-order valence-corrected chi connectivity index (χ2v) is 8.88. The van der Waals surface area contributed by atoms with E-state index in [0.717, 1.165) is 23.5 Å². The van der Waals surface area contributed by atoms with Crippen molar-refractivity contribution in [3.8, 4) is 22.9 Å². The van der Waals surface area contributed by atoms with Gasteiger partial charge >= 0.3 is 0 Å². The van der Waals surface area contributed by atoms with E-state index in [1.165, 1.54) is 0 Å². The van der Waals surface area contributed by atoms with Crippen molar-refractivity contribution in [2.45, 2.75) is 39.8 Å². The summed E-state index contributed by atoms with van der Waals surface area (Å²) in [6.07, 6.45) is 2.22. The number of aromatic nitrogens is 7. The summed E-state index contributed by atoms with van der Waals surface area (Å²) in [5.41, 5.74) is 3.39. The average Bonchev–Trinajstić information content (AvgIpc) is 3.33. The van der Waals surface area contributed by atoms with Crippen LogP contribution in [0.2, 0.25) is 0 Å². The molecule has 0 spiro atoms. The van der Waals surface area contributed by atoms with Gasteiger partial charge in [-0.15, -0.1) is 5.10 Å². The van der Waals surface area contributed by atoms with E-state index in [4.69, 9.17) is 0 Å². The zero-order valence-corrected chi connectivity index (χ0v) is 15.8. The number of H-pyrrole nitrogens is 1. The van der Waals surface area contributed by atoms with Crippen molar-refractivity contribution in [3.05, 3.63) is 23.7 Å². The van der Waals surface area contributed by atoms with Crippen LogP contribution in [-0.2, 0) is 16.4 Å². The quantitative estimate of drug-likeness (QED) is 0.740. The number of rotatable bonds is 4. The van der Waals surface area contributed by atoms with Crippen molar-refractivity contribution < 1.29 is 8.42 Å². The largest absolute Gasteiger partial charge is 0.282 e. The fourth-order valence-corrected chi connectivity index (χ4v) is 5.04. The normalized spacial score (nSPS) is 19.3. The van der Waals surface area contributed by atoms with Crippen molar-refractivity contribution >= 4 is 9.84 Å². The molecule has 0 saturated carbocycles. The van der Waals surface area contributed by atoms with Crippen LogP contribution in [0.5, 0.6) is 0 Å². The monoisotopic (exact) mass is 375 g/mol. The molecule has 1 aliphatic heterocycles. The van der Waals surface area contributed by atoms with Gasteiger partial charge in [-0.05, 0) is 33.3 Å². The number of sulfone groups is 1. The molecule has 1 aliphatic rings. The van der Waals surface area contributed by atoms with Crippen LogP contribution in [0.1, 0.15) is 30.8 Å². The molecule has 1 N–H and O–H groups in total. The summed E-state index contributed by atoms with van der Waals surface area (Å²) in [5, 5.41) is 16.2. The first-order chi connectivity index (χ1) is 12.4. The maximum Gasteiger partial charge on any atom is 0.185 e. The van der Waals surface area contributed by atoms with E-state index in [1.807, 2.05) is 31.5 Å². The van der Waals surface area contributed by atoms with Crippen molar-refractivity contribution in [1.82, 2.24) is 34.7 Å². The summed E-state index contributed by atoms with van der Waals surface area (Å²) in [4.78, 5) is 4.69. The lowest BCUT2D eigenvalue weighted by atomic mass is 10.2. The third-order valence-electron chi connectivity index (χ3n) is 4.77. The Morgan fingerprint density at radius 1 is 1.31 bits per heavy atom. The molecular formula is C16H21N7O2S. The van der Waals surface area contributed by atoms with Gasteiger partial charge in [-0.25, -0.2) is 18.1 Å². The summed E-state index contributed by atoms with van der Waals surface area (Å²) in [7, 11) is -3.04. The first-order valence-corrected chi connectivity index (χ1v) is 10.4. The molecule has 0 aromatic carbocycles. The third-order valence-corrected chi connectivity index (χ3v) is 6.52. The first-order valence-electron chi connectivity index (χ1n) is 8.60. The van der Waals surface area contributed by atoms with Gasteiger partial charge in [0, 0.05) is 17.9 Å². The lowest BCUT2D eigenvalue weighted by Gasteiger charge is -2.10. The molecule has 1 fully saturated rings. The Bertz CT molecular complexity index is 1060. The molecule has 4 rings (SSSR count). The maximum atomic E-state index is 12.0. The molecule has 9 nitrogen and oxygen atoms in total. The molecule has 0 amide bonds. The van der Waals surface area contributed by atoms with E-state index >= 15 is 0 Å². The van der Waals surface area contributed by atoms with Crippen LogP contribution >= 0.6 is 0 Å². The number of aromatic amines is 1. The van der Waals surface area contributed by atoms with E-state index in [1.54, 1.807) is 10.9 Å². The zero-order valence-electron chi connectivity index (χ0n) is 15.0. The fourth-order valence-electron chi connectivity index (χ4n) is 3.35. The maximum absolute atomic E-state index is 12.0. The van der Waals surface area contributed by atoms with Crippen molar-refractivity contribution in [1.29, 1.82) is 0 Å². The highest BCUT2D eigenvalue weighted by atomic mass is 32.2. The SMILES string of the molecule is CCn1nc(-c2nc(-c3cn[nH]c3C)nn2C2CCS(=O)(=O)C2)cc1C. The van der Waals surface area contributed by atoms with Gasteiger partial charge in [-0.2, -0.15) is 10.2 Å². The van der Waals surface area contributed by atoms with Crippen LogP contribution in [0.25, 0.3) is 22.9 Å². The number of nitrogens with zero attached hydrogens (tertiary/aromatic N) is 6. The molecule has 3 aromatic heterocycles. The summed E-state index contributed by atoms with van der Waals surface area (Å²) >= 11 is 0. The molecule has 1 atom stereocenters. The lowest BCUT2D eigenvalue weighted by molar-refractivity contribution is 0.503. The van der Waals surface area contributed by atoms with Gasteiger partial charge in [0.05, 0.1) is 29.3 Å². The lowest BCUT2D eigenvalue weighted by Crippen LogP contribution is -2.14. The minimum Gasteiger partial charge on any atom is -0.282 e. The fraction of sp³-hybridized carbons (Fsp3) is 0.500. The Labute approximate surface area is 151 Å². The molecule has 0 aliphatic carbocycles. The molecular weight excluding hydrogens is 354 g/mol. The number of hydrogen-bond acceptors (Lipinski definition) is 6. The molecule has 10 heteroatoms. The summed E-state index contributed by atoms with van der Waals surface area (Å²) in [6, 6.07) is 1.73. The predicted molar refractivity (Wildman–Crippen MR) is 96.3 cm³/mol. The Kier molecular flexibility index (Phi) is 3.94. The predicted octanol–water partition coefficient (Wildman–Crippen LogP) is 1.53. The molecule has 4 heterocycles. The Morgan fingerprint density at radius 2 is 2.12 bits per heavy atom. The van der Waals surface area contributed by atoms with E-state index in [9.17, 15) is 8.42 Å². The standard InChI is InChI=1S/C16H21N7O2S/c1-4-22-10(2)7-14(20-22)16-18-15(13-8-17-19-11(13)3)21-23(16)12-5-6-26(24,25)9-12/h7-8,12H,4-6,9H2,1-3H3,(H,17,19). The highest BCUT2D eigenvalue weighted by molar-refractivity contribution is 7.91. The van der Waals surface area contributed by atoms with Crippen molar-refractivity contribution in [2.24, 2.45) is 0 Å². The van der Waals surface area contributed by atoms with Crippen molar-refractivity contribution in [3.63, 3.8) is 0 Å². The molecule has 1 saturated heterocycles. The molecule has 26 heavy (non-hydrogen) atoms. The molecule has 0 radical (unpaired) electrons. The first kappa shape index (κ1) is 17.0. The van der Waals surface area contributed by atoms with Gasteiger partial charge in [0.15, 0.2) is 21.5 Å². The summed E-state index contributed by atoms with van der Waals surface area (Å²) in [6.45, 7) is 6.67. The minimum atomic E-state index is -3.04. The Morgan fingerprint density at radius 3 is 2.69 bits per heavy atom. The van der Waals surface area contributed by atoms with Crippen LogP contribution < -0.4 is 0 Å². The Hall–Kier alpha value is -2.49. The molecule has 3 aromatic rings. The van der Waals surface area contributed by atoms with Crippen LogP contribution in [-0.4, -0.2) is 54.7 Å². The van der Waals surface area contributed by atoms with Gasteiger partial charge in [0.2, 0.25) is 0 Å². The van der Waals surface area contributed by atoms with Gasteiger partial charge in [0.1, 0.15) is 5.69 Å². The van der Waals surface area contributed by atoms with Gasteiger partial charge in [0.25, 0.3) is 0 Å². The van der Waals surface area contributed by atoms with E-state index in [0.29, 0.717) is 23.8 Å². The third kappa shape index (κ3) is 2.83. The smallest absolute Gasteiger partial charge is 0.185 e.